The Labute approximate surface area is 159 Å². The molecule has 0 amide bonds. The molecule has 25 heavy (non-hydrogen) atoms. The molecule has 0 saturated carbocycles. The van der Waals surface area contributed by atoms with Gasteiger partial charge in [-0.1, -0.05) is 60.7 Å². The lowest BCUT2D eigenvalue weighted by Crippen LogP contribution is -2.10. The maximum Gasteiger partial charge on any atom is 0.305 e. The molecule has 0 aliphatic carbocycles. The number of esters is 2. The van der Waals surface area contributed by atoms with E-state index in [1.54, 1.807) is 0 Å². The summed E-state index contributed by atoms with van der Waals surface area (Å²) in [5.41, 5.74) is 1.12. The zero-order chi connectivity index (χ0) is 18.3. The molecule has 0 aliphatic rings. The predicted molar refractivity (Wildman–Crippen MR) is 102 cm³/mol. The number of rotatable bonds is 13. The standard InChI is InChI=1S/C20H29BrO4/c1-2-3-4-5-6-15-24-19(22)8-7-9-20(23)25-16-14-17-10-12-18(21)13-11-17/h10-13H,2-9,14-16H2,1H3. The van der Waals surface area contributed by atoms with E-state index in [0.29, 0.717) is 26.1 Å². The summed E-state index contributed by atoms with van der Waals surface area (Å²) in [6, 6.07) is 7.92. The Balaban J connectivity index is 1.98. The van der Waals surface area contributed by atoms with Crippen LogP contribution >= 0.6 is 15.9 Å². The summed E-state index contributed by atoms with van der Waals surface area (Å²) in [6.45, 7) is 3.02. The normalized spacial score (nSPS) is 10.5. The highest BCUT2D eigenvalue weighted by molar-refractivity contribution is 9.10. The molecule has 1 aromatic carbocycles. The van der Waals surface area contributed by atoms with E-state index < -0.39 is 0 Å². The Morgan fingerprint density at radius 1 is 0.840 bits per heavy atom. The Hall–Kier alpha value is -1.36. The van der Waals surface area contributed by atoms with Gasteiger partial charge in [0.05, 0.1) is 13.2 Å². The Morgan fingerprint density at radius 2 is 1.44 bits per heavy atom. The average molecular weight is 413 g/mol. The third kappa shape index (κ3) is 11.8. The molecule has 1 rings (SSSR count). The van der Waals surface area contributed by atoms with E-state index in [1.807, 2.05) is 24.3 Å². The molecule has 0 bridgehead atoms. The highest BCUT2D eigenvalue weighted by atomic mass is 79.9. The lowest BCUT2D eigenvalue weighted by molar-refractivity contribution is -0.145. The number of ether oxygens (including phenoxy) is 2. The Bertz CT molecular complexity index is 499. The summed E-state index contributed by atoms with van der Waals surface area (Å²) in [7, 11) is 0. The third-order valence-electron chi connectivity index (χ3n) is 3.84. The number of unbranched alkanes of at least 4 members (excludes halogenated alkanes) is 4. The van der Waals surface area contributed by atoms with Crippen molar-refractivity contribution in [2.75, 3.05) is 13.2 Å². The van der Waals surface area contributed by atoms with E-state index in [9.17, 15) is 9.59 Å². The van der Waals surface area contributed by atoms with Crippen molar-refractivity contribution in [3.05, 3.63) is 34.3 Å². The second-order valence-corrected chi connectivity index (χ2v) is 7.00. The molecule has 5 heteroatoms. The number of hydrogen-bond donors (Lipinski definition) is 0. The SMILES string of the molecule is CCCCCCCOC(=O)CCCC(=O)OCCc1ccc(Br)cc1. The van der Waals surface area contributed by atoms with Crippen molar-refractivity contribution in [1.29, 1.82) is 0 Å². The minimum atomic E-state index is -0.260. The first-order valence-electron chi connectivity index (χ1n) is 9.17. The van der Waals surface area contributed by atoms with Crippen LogP contribution in [0.2, 0.25) is 0 Å². The van der Waals surface area contributed by atoms with E-state index in [0.717, 1.165) is 22.9 Å². The highest BCUT2D eigenvalue weighted by Crippen LogP contribution is 2.11. The fourth-order valence-electron chi connectivity index (χ4n) is 2.35. The van der Waals surface area contributed by atoms with Crippen LogP contribution in [-0.4, -0.2) is 25.2 Å². The fraction of sp³-hybridized carbons (Fsp3) is 0.600. The number of carbonyl (C=O) groups excluding carboxylic acids is 2. The predicted octanol–water partition coefficient (Wildman–Crippen LogP) is 5.22. The molecule has 0 aromatic heterocycles. The minimum absolute atomic E-state index is 0.224. The van der Waals surface area contributed by atoms with Crippen molar-refractivity contribution >= 4 is 27.9 Å². The summed E-state index contributed by atoms with van der Waals surface area (Å²) in [5.74, 6) is -0.484. The smallest absolute Gasteiger partial charge is 0.305 e. The lowest BCUT2D eigenvalue weighted by atomic mass is 10.2. The third-order valence-corrected chi connectivity index (χ3v) is 4.37. The molecule has 0 heterocycles. The van der Waals surface area contributed by atoms with Gasteiger partial charge >= 0.3 is 11.9 Å². The molecule has 140 valence electrons. The van der Waals surface area contributed by atoms with Gasteiger partial charge in [0.1, 0.15) is 0 Å². The van der Waals surface area contributed by atoms with Crippen molar-refractivity contribution in [3.8, 4) is 0 Å². The van der Waals surface area contributed by atoms with E-state index in [1.165, 1.54) is 19.3 Å². The lowest BCUT2D eigenvalue weighted by Gasteiger charge is -2.06. The second kappa shape index (κ2) is 13.9. The van der Waals surface area contributed by atoms with E-state index in [4.69, 9.17) is 9.47 Å². The van der Waals surface area contributed by atoms with Gasteiger partial charge in [-0.25, -0.2) is 0 Å². The molecule has 0 radical (unpaired) electrons. The number of hydrogen-bond acceptors (Lipinski definition) is 4. The molecule has 0 atom stereocenters. The van der Waals surface area contributed by atoms with E-state index in [2.05, 4.69) is 22.9 Å². The van der Waals surface area contributed by atoms with Gasteiger partial charge in [0.25, 0.3) is 0 Å². The highest BCUT2D eigenvalue weighted by Gasteiger charge is 2.07. The van der Waals surface area contributed by atoms with Crippen molar-refractivity contribution in [3.63, 3.8) is 0 Å². The molecule has 0 N–H and O–H groups in total. The summed E-state index contributed by atoms with van der Waals surface area (Å²) in [6.07, 6.45) is 7.36. The van der Waals surface area contributed by atoms with Crippen LogP contribution in [0.25, 0.3) is 0 Å². The van der Waals surface area contributed by atoms with Gasteiger partial charge in [0, 0.05) is 23.7 Å². The summed E-state index contributed by atoms with van der Waals surface area (Å²) in [4.78, 5) is 23.2. The van der Waals surface area contributed by atoms with Gasteiger partial charge in [-0.15, -0.1) is 0 Å². The van der Waals surface area contributed by atoms with Crippen molar-refractivity contribution < 1.29 is 19.1 Å². The van der Waals surface area contributed by atoms with Crippen LogP contribution in [0, 0.1) is 0 Å². The fourth-order valence-corrected chi connectivity index (χ4v) is 2.61. The molecule has 0 spiro atoms. The molecule has 1 aromatic rings. The zero-order valence-electron chi connectivity index (χ0n) is 15.1. The molecule has 0 aliphatic heterocycles. The number of benzene rings is 1. The second-order valence-electron chi connectivity index (χ2n) is 6.09. The van der Waals surface area contributed by atoms with Crippen LogP contribution in [0.4, 0.5) is 0 Å². The first-order valence-corrected chi connectivity index (χ1v) is 9.96. The largest absolute Gasteiger partial charge is 0.466 e. The minimum Gasteiger partial charge on any atom is -0.466 e. The van der Waals surface area contributed by atoms with Gasteiger partial charge in [0.15, 0.2) is 0 Å². The van der Waals surface area contributed by atoms with Gasteiger partial charge in [0.2, 0.25) is 0 Å². The molecule has 0 saturated heterocycles. The average Bonchev–Trinajstić information content (AvgIpc) is 2.60. The maximum absolute atomic E-state index is 11.6. The van der Waals surface area contributed by atoms with E-state index >= 15 is 0 Å². The van der Waals surface area contributed by atoms with Crippen molar-refractivity contribution in [2.24, 2.45) is 0 Å². The van der Waals surface area contributed by atoms with Gasteiger partial charge in [-0.3, -0.25) is 9.59 Å². The van der Waals surface area contributed by atoms with Crippen molar-refractivity contribution in [2.45, 2.75) is 64.7 Å². The van der Waals surface area contributed by atoms with Crippen LogP contribution in [0.1, 0.15) is 63.9 Å². The summed E-state index contributed by atoms with van der Waals surface area (Å²) < 4.78 is 11.4. The molecule has 0 unspecified atom stereocenters. The van der Waals surface area contributed by atoms with Crippen LogP contribution in [0.15, 0.2) is 28.7 Å². The number of halogens is 1. The van der Waals surface area contributed by atoms with Crippen LogP contribution in [0.5, 0.6) is 0 Å². The molecular formula is C20H29BrO4. The molecular weight excluding hydrogens is 384 g/mol. The van der Waals surface area contributed by atoms with Crippen LogP contribution in [-0.2, 0) is 25.5 Å². The number of carbonyl (C=O) groups is 2. The van der Waals surface area contributed by atoms with E-state index in [-0.39, 0.29) is 24.8 Å². The molecule has 4 nitrogen and oxygen atoms in total. The van der Waals surface area contributed by atoms with Crippen LogP contribution in [0.3, 0.4) is 0 Å². The van der Waals surface area contributed by atoms with Crippen molar-refractivity contribution in [1.82, 2.24) is 0 Å². The summed E-state index contributed by atoms with van der Waals surface area (Å²) in [5, 5.41) is 0. The maximum atomic E-state index is 11.6. The van der Waals surface area contributed by atoms with Gasteiger partial charge < -0.3 is 9.47 Å². The Kier molecular flexibility index (Phi) is 12.0. The first kappa shape index (κ1) is 21.7. The quantitative estimate of drug-likeness (QED) is 0.329. The zero-order valence-corrected chi connectivity index (χ0v) is 16.7. The monoisotopic (exact) mass is 412 g/mol. The van der Waals surface area contributed by atoms with Gasteiger partial charge in [-0.2, -0.15) is 0 Å². The summed E-state index contributed by atoms with van der Waals surface area (Å²) >= 11 is 3.38. The van der Waals surface area contributed by atoms with Gasteiger partial charge in [-0.05, 0) is 30.5 Å². The topological polar surface area (TPSA) is 52.6 Å². The van der Waals surface area contributed by atoms with Crippen LogP contribution < -0.4 is 0 Å². The first-order chi connectivity index (χ1) is 12.1. The Morgan fingerprint density at radius 3 is 2.08 bits per heavy atom. The molecule has 0 fully saturated rings.